The molecule has 0 bridgehead atoms. The van der Waals surface area contributed by atoms with Crippen LogP contribution < -0.4 is 5.73 Å². The molecule has 138 valence electrons. The number of para-hydroxylation sites is 1. The molecule has 2 heterocycles. The van der Waals surface area contributed by atoms with E-state index in [4.69, 9.17) is 22.3 Å². The number of benzene rings is 1. The number of halogens is 3. The van der Waals surface area contributed by atoms with Gasteiger partial charge in [0.1, 0.15) is 0 Å². The van der Waals surface area contributed by atoms with Crippen LogP contribution in [0.2, 0.25) is 5.02 Å². The second-order valence-corrected chi connectivity index (χ2v) is 7.61. The highest BCUT2D eigenvalue weighted by Gasteiger charge is 2.38. The van der Waals surface area contributed by atoms with E-state index in [1.165, 1.54) is 19.3 Å². The summed E-state index contributed by atoms with van der Waals surface area (Å²) in [7, 11) is 0. The molecule has 3 nitrogen and oxygen atoms in total. The Morgan fingerprint density at radius 1 is 1.20 bits per heavy atom. The third-order valence-electron chi connectivity index (χ3n) is 5.75. The highest BCUT2D eigenvalue weighted by atomic mass is 35.5. The van der Waals surface area contributed by atoms with Crippen LogP contribution in [0.25, 0.3) is 10.9 Å². The van der Waals surface area contributed by atoms with Crippen molar-refractivity contribution in [2.45, 2.75) is 38.8 Å². The van der Waals surface area contributed by atoms with E-state index in [-0.39, 0.29) is 24.8 Å². The highest BCUT2D eigenvalue weighted by molar-refractivity contribution is 6.32. The molecule has 0 amide bonds. The van der Waals surface area contributed by atoms with Crippen molar-refractivity contribution in [2.75, 3.05) is 13.1 Å². The largest absolute Gasteiger partial charge is 0.327 e. The Balaban J connectivity index is 0.00000113. The number of pyridine rings is 1. The van der Waals surface area contributed by atoms with Gasteiger partial charge in [0.25, 0.3) is 0 Å². The number of fused-ring (bicyclic) bond motifs is 2. The van der Waals surface area contributed by atoms with Crippen molar-refractivity contribution in [3.8, 4) is 0 Å². The van der Waals surface area contributed by atoms with Gasteiger partial charge < -0.3 is 5.73 Å². The lowest BCUT2D eigenvalue weighted by Crippen LogP contribution is -2.38. The molecule has 3 unspecified atom stereocenters. The molecule has 1 aromatic heterocycles. The van der Waals surface area contributed by atoms with Crippen LogP contribution in [0.3, 0.4) is 0 Å². The fourth-order valence-corrected chi connectivity index (χ4v) is 4.68. The Hall–Kier alpha value is -0.580. The summed E-state index contributed by atoms with van der Waals surface area (Å²) in [5, 5.41) is 1.97. The molecule has 3 atom stereocenters. The first-order valence-corrected chi connectivity index (χ1v) is 9.03. The summed E-state index contributed by atoms with van der Waals surface area (Å²) in [5.41, 5.74) is 9.52. The average molecular weight is 403 g/mol. The molecule has 1 saturated heterocycles. The van der Waals surface area contributed by atoms with E-state index in [0.717, 1.165) is 52.7 Å². The number of aromatic nitrogens is 1. The van der Waals surface area contributed by atoms with Crippen LogP contribution in [0.5, 0.6) is 0 Å². The Kier molecular flexibility index (Phi) is 6.97. The zero-order chi connectivity index (χ0) is 16.0. The van der Waals surface area contributed by atoms with E-state index in [9.17, 15) is 0 Å². The summed E-state index contributed by atoms with van der Waals surface area (Å²) in [4.78, 5) is 7.33. The third kappa shape index (κ3) is 3.91. The molecule has 2 aromatic rings. The Morgan fingerprint density at radius 2 is 1.96 bits per heavy atom. The van der Waals surface area contributed by atoms with E-state index >= 15 is 0 Å². The number of hydrogen-bond acceptors (Lipinski definition) is 3. The number of hydrogen-bond donors (Lipinski definition) is 1. The van der Waals surface area contributed by atoms with Gasteiger partial charge in [-0.2, -0.15) is 0 Å². The first-order chi connectivity index (χ1) is 11.1. The Bertz CT molecular complexity index is 737. The lowest BCUT2D eigenvalue weighted by atomic mass is 9.78. The number of aryl methyl sites for hydroxylation is 1. The maximum Gasteiger partial charge on any atom is 0.0740 e. The first kappa shape index (κ1) is 20.7. The van der Waals surface area contributed by atoms with E-state index in [0.29, 0.717) is 12.0 Å². The van der Waals surface area contributed by atoms with Crippen molar-refractivity contribution in [2.24, 2.45) is 17.6 Å². The minimum absolute atomic E-state index is 0. The number of likely N-dealkylation sites (tertiary alicyclic amines) is 1. The Labute approximate surface area is 167 Å². The van der Waals surface area contributed by atoms with Gasteiger partial charge in [-0.15, -0.1) is 24.8 Å². The second-order valence-electron chi connectivity index (χ2n) is 7.23. The SMILES string of the molecule is Cc1c(Cl)c(CN2CC3CCCC(N)C3C2)nc2ccccc12.Cl.Cl. The molecule has 25 heavy (non-hydrogen) atoms. The van der Waals surface area contributed by atoms with Gasteiger partial charge in [-0.3, -0.25) is 4.90 Å². The zero-order valence-electron chi connectivity index (χ0n) is 14.5. The fraction of sp³-hybridized carbons (Fsp3) is 0.526. The molecule has 4 rings (SSSR count). The number of rotatable bonds is 2. The average Bonchev–Trinajstić information content (AvgIpc) is 2.96. The fourth-order valence-electron chi connectivity index (χ4n) is 4.47. The van der Waals surface area contributed by atoms with Crippen molar-refractivity contribution >= 4 is 47.3 Å². The van der Waals surface area contributed by atoms with Crippen LogP contribution >= 0.6 is 36.4 Å². The summed E-state index contributed by atoms with van der Waals surface area (Å²) < 4.78 is 0. The van der Waals surface area contributed by atoms with E-state index in [1.807, 2.05) is 12.1 Å². The summed E-state index contributed by atoms with van der Waals surface area (Å²) in [5.74, 6) is 1.42. The number of nitrogens with two attached hydrogens (primary N) is 1. The molecule has 6 heteroatoms. The zero-order valence-corrected chi connectivity index (χ0v) is 16.8. The Morgan fingerprint density at radius 3 is 2.72 bits per heavy atom. The first-order valence-electron chi connectivity index (χ1n) is 8.65. The van der Waals surface area contributed by atoms with E-state index in [1.54, 1.807) is 0 Å². The van der Waals surface area contributed by atoms with Gasteiger partial charge in [-0.25, -0.2) is 4.98 Å². The normalized spacial score (nSPS) is 26.0. The summed E-state index contributed by atoms with van der Waals surface area (Å²) >= 11 is 6.62. The molecule has 2 N–H and O–H groups in total. The second kappa shape index (κ2) is 8.41. The predicted octanol–water partition coefficient (Wildman–Crippen LogP) is 4.60. The molecule has 0 radical (unpaired) electrons. The maximum atomic E-state index is 6.62. The monoisotopic (exact) mass is 401 g/mol. The standard InChI is InChI=1S/C19H24ClN3.2ClH/c1-12-14-6-2-3-8-17(14)22-18(19(12)20)11-23-9-13-5-4-7-16(21)15(13)10-23;;/h2-3,6,8,13,15-16H,4-5,7,9-11,21H2,1H3;2*1H. The quantitative estimate of drug-likeness (QED) is 0.798. The molecule has 1 saturated carbocycles. The van der Waals surface area contributed by atoms with Crippen LogP contribution in [-0.4, -0.2) is 29.0 Å². The van der Waals surface area contributed by atoms with Crippen LogP contribution in [0.15, 0.2) is 24.3 Å². The van der Waals surface area contributed by atoms with Crippen molar-refractivity contribution in [1.29, 1.82) is 0 Å². The summed E-state index contributed by atoms with van der Waals surface area (Å²) in [6.45, 7) is 5.16. The van der Waals surface area contributed by atoms with Crippen molar-refractivity contribution in [3.05, 3.63) is 40.5 Å². The highest BCUT2D eigenvalue weighted by Crippen LogP contribution is 2.37. The van der Waals surface area contributed by atoms with Crippen molar-refractivity contribution < 1.29 is 0 Å². The molecule has 1 aromatic carbocycles. The molecular formula is C19H26Cl3N3. The van der Waals surface area contributed by atoms with Gasteiger partial charge in [0, 0.05) is 31.1 Å². The maximum absolute atomic E-state index is 6.62. The topological polar surface area (TPSA) is 42.1 Å². The number of nitrogens with zero attached hydrogens (tertiary/aromatic N) is 2. The lowest BCUT2D eigenvalue weighted by molar-refractivity contribution is 0.259. The van der Waals surface area contributed by atoms with E-state index < -0.39 is 0 Å². The van der Waals surface area contributed by atoms with Gasteiger partial charge in [0.05, 0.1) is 16.2 Å². The molecule has 2 aliphatic rings. The lowest BCUT2D eigenvalue weighted by Gasteiger charge is -2.29. The summed E-state index contributed by atoms with van der Waals surface area (Å²) in [6.07, 6.45) is 3.79. The third-order valence-corrected chi connectivity index (χ3v) is 6.25. The molecule has 1 aliphatic heterocycles. The van der Waals surface area contributed by atoms with Crippen molar-refractivity contribution in [3.63, 3.8) is 0 Å². The minimum atomic E-state index is 0. The van der Waals surface area contributed by atoms with Crippen molar-refractivity contribution in [1.82, 2.24) is 9.88 Å². The minimum Gasteiger partial charge on any atom is -0.327 e. The molecule has 2 fully saturated rings. The molecule has 1 aliphatic carbocycles. The predicted molar refractivity (Wildman–Crippen MR) is 110 cm³/mol. The van der Waals surface area contributed by atoms with Crippen LogP contribution in [-0.2, 0) is 6.54 Å². The van der Waals surface area contributed by atoms with Gasteiger partial charge in [0.2, 0.25) is 0 Å². The van der Waals surface area contributed by atoms with Gasteiger partial charge >= 0.3 is 0 Å². The van der Waals surface area contributed by atoms with Gasteiger partial charge in [-0.05, 0) is 43.2 Å². The smallest absolute Gasteiger partial charge is 0.0740 e. The van der Waals surface area contributed by atoms with Crippen LogP contribution in [0.4, 0.5) is 0 Å². The van der Waals surface area contributed by atoms with Crippen LogP contribution in [0, 0.1) is 18.8 Å². The summed E-state index contributed by atoms with van der Waals surface area (Å²) in [6, 6.07) is 8.62. The van der Waals surface area contributed by atoms with Crippen LogP contribution in [0.1, 0.15) is 30.5 Å². The molecular weight excluding hydrogens is 377 g/mol. The van der Waals surface area contributed by atoms with E-state index in [2.05, 4.69) is 24.0 Å². The van der Waals surface area contributed by atoms with Gasteiger partial charge in [-0.1, -0.05) is 36.2 Å². The van der Waals surface area contributed by atoms with Gasteiger partial charge in [0.15, 0.2) is 0 Å². The molecule has 0 spiro atoms.